The Hall–Kier alpha value is -5.19. The predicted octanol–water partition coefficient (Wildman–Crippen LogP) is 11.0. The second-order valence-corrected chi connectivity index (χ2v) is 11.4. The summed E-state index contributed by atoms with van der Waals surface area (Å²) < 4.78 is 8.87. The van der Waals surface area contributed by atoms with Gasteiger partial charge in [-0.05, 0) is 58.3 Å². The summed E-state index contributed by atoms with van der Waals surface area (Å²) >= 11 is 1.85. The van der Waals surface area contributed by atoms with E-state index in [1.165, 1.54) is 36.5 Å². The molecule has 3 heterocycles. The van der Waals surface area contributed by atoms with Gasteiger partial charge in [-0.2, -0.15) is 0 Å². The molecular formula is C37H22N2OS. The Morgan fingerprint density at radius 3 is 2.07 bits per heavy atom. The van der Waals surface area contributed by atoms with Crippen LogP contribution in [0.2, 0.25) is 0 Å². The predicted molar refractivity (Wildman–Crippen MR) is 172 cm³/mol. The van der Waals surface area contributed by atoms with Gasteiger partial charge in [0, 0.05) is 25.6 Å². The van der Waals surface area contributed by atoms with E-state index in [4.69, 9.17) is 9.72 Å². The number of ether oxygens (including phenoxy) is 1. The number of para-hydroxylation sites is 4. The van der Waals surface area contributed by atoms with Crippen LogP contribution in [-0.4, -0.2) is 4.98 Å². The molecule has 0 aliphatic carbocycles. The third kappa shape index (κ3) is 3.35. The molecule has 0 fully saturated rings. The van der Waals surface area contributed by atoms with Crippen molar-refractivity contribution < 1.29 is 4.74 Å². The summed E-state index contributed by atoms with van der Waals surface area (Å²) in [6.07, 6.45) is 0. The summed E-state index contributed by atoms with van der Waals surface area (Å²) in [7, 11) is 0. The number of rotatable bonds is 2. The molecule has 6 aromatic carbocycles. The van der Waals surface area contributed by atoms with Crippen LogP contribution in [-0.2, 0) is 0 Å². The summed E-state index contributed by atoms with van der Waals surface area (Å²) in [6.45, 7) is 0. The molecule has 1 aliphatic rings. The monoisotopic (exact) mass is 542 g/mol. The smallest absolute Gasteiger partial charge is 0.151 e. The van der Waals surface area contributed by atoms with Gasteiger partial charge in [0.1, 0.15) is 5.82 Å². The third-order valence-corrected chi connectivity index (χ3v) is 9.24. The highest BCUT2D eigenvalue weighted by atomic mass is 32.1. The quantitative estimate of drug-likeness (QED) is 0.217. The highest BCUT2D eigenvalue weighted by Crippen LogP contribution is 2.51. The van der Waals surface area contributed by atoms with E-state index < -0.39 is 0 Å². The van der Waals surface area contributed by atoms with E-state index in [1.807, 2.05) is 35.6 Å². The maximum absolute atomic E-state index is 6.32. The minimum absolute atomic E-state index is 0.819. The first-order valence-corrected chi connectivity index (χ1v) is 14.5. The van der Waals surface area contributed by atoms with E-state index in [9.17, 15) is 0 Å². The molecule has 0 saturated carbocycles. The Balaban J connectivity index is 1.42. The molecule has 4 heteroatoms. The molecule has 0 amide bonds. The van der Waals surface area contributed by atoms with Crippen molar-refractivity contribution in [3.05, 3.63) is 133 Å². The zero-order chi connectivity index (χ0) is 26.9. The second kappa shape index (κ2) is 8.65. The number of pyridine rings is 1. The Labute approximate surface area is 240 Å². The molecule has 192 valence electrons. The molecule has 0 bridgehead atoms. The molecule has 41 heavy (non-hydrogen) atoms. The molecule has 0 unspecified atom stereocenters. The molecule has 0 atom stereocenters. The molecule has 0 spiro atoms. The fourth-order valence-corrected chi connectivity index (χ4v) is 7.43. The van der Waals surface area contributed by atoms with Crippen LogP contribution >= 0.6 is 11.3 Å². The molecule has 0 radical (unpaired) electrons. The van der Waals surface area contributed by atoms with Crippen molar-refractivity contribution in [3.63, 3.8) is 0 Å². The summed E-state index contributed by atoms with van der Waals surface area (Å²) in [5.41, 5.74) is 5.30. The van der Waals surface area contributed by atoms with Crippen molar-refractivity contribution >= 4 is 70.4 Å². The normalized spacial score (nSPS) is 12.5. The number of nitrogens with zero attached hydrogens (tertiary/aromatic N) is 2. The molecule has 0 N–H and O–H groups in total. The number of aromatic nitrogens is 1. The Bertz CT molecular complexity index is 2260. The molecule has 9 rings (SSSR count). The number of hydrogen-bond donors (Lipinski definition) is 0. The van der Waals surface area contributed by atoms with Crippen molar-refractivity contribution in [2.75, 3.05) is 4.90 Å². The minimum Gasteiger partial charge on any atom is -0.453 e. The summed E-state index contributed by atoms with van der Waals surface area (Å²) in [4.78, 5) is 7.73. The lowest BCUT2D eigenvalue weighted by Crippen LogP contribution is -2.17. The lowest BCUT2D eigenvalue weighted by atomic mass is 9.98. The van der Waals surface area contributed by atoms with Crippen LogP contribution in [0.15, 0.2) is 133 Å². The van der Waals surface area contributed by atoms with Crippen LogP contribution in [0.5, 0.6) is 11.5 Å². The molecule has 8 aromatic rings. The topological polar surface area (TPSA) is 25.4 Å². The number of hydrogen-bond acceptors (Lipinski definition) is 4. The SMILES string of the molecule is c1ccc(-c2cc(N3c4ccccc4Oc4ccccc43)nc3c2ccc2sc4c5ccccc5ccc4c23)cc1. The molecular weight excluding hydrogens is 520 g/mol. The summed E-state index contributed by atoms with van der Waals surface area (Å²) in [5.74, 6) is 2.51. The van der Waals surface area contributed by atoms with Crippen molar-refractivity contribution in [1.82, 2.24) is 4.98 Å². The summed E-state index contributed by atoms with van der Waals surface area (Å²) in [5, 5.41) is 6.16. The number of thiophene rings is 1. The van der Waals surface area contributed by atoms with E-state index in [1.54, 1.807) is 0 Å². The van der Waals surface area contributed by atoms with E-state index in [0.717, 1.165) is 45.2 Å². The molecule has 0 saturated heterocycles. The lowest BCUT2D eigenvalue weighted by molar-refractivity contribution is 0.476. The Kier molecular flexibility index (Phi) is 4.77. The van der Waals surface area contributed by atoms with Gasteiger partial charge in [-0.15, -0.1) is 11.3 Å². The molecule has 1 aliphatic heterocycles. The van der Waals surface area contributed by atoms with E-state index >= 15 is 0 Å². The van der Waals surface area contributed by atoms with Crippen LogP contribution < -0.4 is 9.64 Å². The van der Waals surface area contributed by atoms with Crippen LogP contribution in [0.3, 0.4) is 0 Å². The van der Waals surface area contributed by atoms with Gasteiger partial charge >= 0.3 is 0 Å². The minimum atomic E-state index is 0.819. The average molecular weight is 543 g/mol. The third-order valence-electron chi connectivity index (χ3n) is 8.04. The first kappa shape index (κ1) is 22.6. The van der Waals surface area contributed by atoms with Crippen LogP contribution in [0.25, 0.3) is 53.0 Å². The fraction of sp³-hybridized carbons (Fsp3) is 0. The first-order valence-electron chi connectivity index (χ1n) is 13.7. The van der Waals surface area contributed by atoms with Crippen molar-refractivity contribution in [3.8, 4) is 22.6 Å². The van der Waals surface area contributed by atoms with E-state index in [0.29, 0.717) is 0 Å². The van der Waals surface area contributed by atoms with Crippen molar-refractivity contribution in [2.24, 2.45) is 0 Å². The maximum Gasteiger partial charge on any atom is 0.151 e. The lowest BCUT2D eigenvalue weighted by Gasteiger charge is -2.32. The van der Waals surface area contributed by atoms with Gasteiger partial charge in [-0.3, -0.25) is 4.90 Å². The highest BCUT2D eigenvalue weighted by molar-refractivity contribution is 7.26. The van der Waals surface area contributed by atoms with Crippen LogP contribution in [0.4, 0.5) is 17.2 Å². The van der Waals surface area contributed by atoms with Crippen molar-refractivity contribution in [1.29, 1.82) is 0 Å². The number of anilines is 3. The van der Waals surface area contributed by atoms with Gasteiger partial charge < -0.3 is 4.74 Å². The average Bonchev–Trinajstić information content (AvgIpc) is 3.43. The second-order valence-electron chi connectivity index (χ2n) is 10.4. The highest BCUT2D eigenvalue weighted by Gasteiger charge is 2.27. The van der Waals surface area contributed by atoms with Gasteiger partial charge in [0.05, 0.1) is 16.9 Å². The van der Waals surface area contributed by atoms with Gasteiger partial charge in [0.15, 0.2) is 11.5 Å². The largest absolute Gasteiger partial charge is 0.453 e. The van der Waals surface area contributed by atoms with Crippen molar-refractivity contribution in [2.45, 2.75) is 0 Å². The van der Waals surface area contributed by atoms with Gasteiger partial charge in [-0.25, -0.2) is 4.98 Å². The molecule has 2 aromatic heterocycles. The van der Waals surface area contributed by atoms with Gasteiger partial charge in [-0.1, -0.05) is 97.1 Å². The standard InChI is InChI=1S/C37H22N2OS/c1-2-10-23(11-3-1)28-22-34(39-29-14-6-8-16-31(29)40-32-17-9-7-15-30(32)39)38-36-26(28)20-21-33-35(36)27-19-18-24-12-4-5-13-25(24)37(27)41-33/h1-22H. The van der Waals surface area contributed by atoms with Gasteiger partial charge in [0.25, 0.3) is 0 Å². The van der Waals surface area contributed by atoms with E-state index in [2.05, 4.69) is 114 Å². The van der Waals surface area contributed by atoms with Crippen LogP contribution in [0.1, 0.15) is 0 Å². The number of benzene rings is 6. The zero-order valence-electron chi connectivity index (χ0n) is 21.9. The van der Waals surface area contributed by atoms with E-state index in [-0.39, 0.29) is 0 Å². The first-order chi connectivity index (χ1) is 20.3. The number of fused-ring (bicyclic) bond motifs is 9. The Morgan fingerprint density at radius 1 is 0.585 bits per heavy atom. The zero-order valence-corrected chi connectivity index (χ0v) is 22.7. The Morgan fingerprint density at radius 2 is 1.27 bits per heavy atom. The fourth-order valence-electron chi connectivity index (χ4n) is 6.19. The maximum atomic E-state index is 6.32. The van der Waals surface area contributed by atoms with Gasteiger partial charge in [0.2, 0.25) is 0 Å². The molecule has 3 nitrogen and oxygen atoms in total. The summed E-state index contributed by atoms with van der Waals surface area (Å²) in [6, 6.07) is 46.9. The van der Waals surface area contributed by atoms with Crippen LogP contribution in [0, 0.1) is 0 Å².